The highest BCUT2D eigenvalue weighted by atomic mass is 16.6. The van der Waals surface area contributed by atoms with Gasteiger partial charge in [0, 0.05) is 6.04 Å². The van der Waals surface area contributed by atoms with E-state index in [-0.39, 0.29) is 23.5 Å². The third kappa shape index (κ3) is 2.15. The Morgan fingerprint density at radius 2 is 2.40 bits per heavy atom. The minimum atomic E-state index is -0.325. The molecule has 6 nitrogen and oxygen atoms in total. The lowest BCUT2D eigenvalue weighted by Gasteiger charge is -2.18. The molecule has 15 heavy (non-hydrogen) atoms. The van der Waals surface area contributed by atoms with Gasteiger partial charge in [-0.1, -0.05) is 12.2 Å². The van der Waals surface area contributed by atoms with Gasteiger partial charge in [-0.2, -0.15) is 0 Å². The van der Waals surface area contributed by atoms with Gasteiger partial charge in [0.2, 0.25) is 11.5 Å². The van der Waals surface area contributed by atoms with E-state index < -0.39 is 0 Å². The highest BCUT2D eigenvalue weighted by Gasteiger charge is 2.19. The number of nitrogens with one attached hydrogen (secondary N) is 1. The van der Waals surface area contributed by atoms with Gasteiger partial charge in [-0.05, 0) is 29.6 Å². The maximum atomic E-state index is 11.6. The monoisotopic (exact) mass is 208 g/mol. The summed E-state index contributed by atoms with van der Waals surface area (Å²) >= 11 is 0. The second kappa shape index (κ2) is 4.12. The zero-order valence-electron chi connectivity index (χ0n) is 8.14. The third-order valence-electron chi connectivity index (χ3n) is 2.33. The van der Waals surface area contributed by atoms with Crippen molar-refractivity contribution in [2.75, 3.05) is 5.73 Å². The lowest BCUT2D eigenvalue weighted by Crippen LogP contribution is -2.35. The standard InChI is InChI=1S/C9H12N4O2/c10-8-7(12-15-13-8)9(14)11-6-4-2-1-3-5-6/h1-2,6H,3-5H2,(H2,10,13)(H,11,14). The van der Waals surface area contributed by atoms with Crippen LogP contribution in [0.4, 0.5) is 5.82 Å². The Morgan fingerprint density at radius 3 is 3.00 bits per heavy atom. The molecule has 1 aromatic heterocycles. The summed E-state index contributed by atoms with van der Waals surface area (Å²) in [6.07, 6.45) is 6.93. The fourth-order valence-corrected chi connectivity index (χ4v) is 1.53. The van der Waals surface area contributed by atoms with Crippen molar-refractivity contribution in [1.82, 2.24) is 15.6 Å². The normalized spacial score (nSPS) is 20.1. The molecule has 1 atom stereocenters. The molecule has 1 amide bonds. The molecular weight excluding hydrogens is 196 g/mol. The zero-order chi connectivity index (χ0) is 10.7. The summed E-state index contributed by atoms with van der Waals surface area (Å²) < 4.78 is 4.36. The molecule has 1 aliphatic rings. The van der Waals surface area contributed by atoms with Crippen molar-refractivity contribution in [1.29, 1.82) is 0 Å². The van der Waals surface area contributed by atoms with Gasteiger partial charge >= 0.3 is 0 Å². The van der Waals surface area contributed by atoms with Crippen molar-refractivity contribution in [3.05, 3.63) is 17.8 Å². The Bertz CT molecular complexity index is 385. The largest absolute Gasteiger partial charge is 0.379 e. The smallest absolute Gasteiger partial charge is 0.277 e. The molecule has 0 saturated heterocycles. The molecule has 0 aliphatic heterocycles. The quantitative estimate of drug-likeness (QED) is 0.690. The Kier molecular flexibility index (Phi) is 2.66. The lowest BCUT2D eigenvalue weighted by molar-refractivity contribution is 0.0925. The molecule has 80 valence electrons. The van der Waals surface area contributed by atoms with Crippen molar-refractivity contribution in [3.63, 3.8) is 0 Å². The molecule has 1 heterocycles. The van der Waals surface area contributed by atoms with Gasteiger partial charge in [0.25, 0.3) is 5.91 Å². The van der Waals surface area contributed by atoms with Crippen LogP contribution in [0.5, 0.6) is 0 Å². The third-order valence-corrected chi connectivity index (χ3v) is 2.33. The predicted octanol–water partition coefficient (Wildman–Crippen LogP) is 0.490. The van der Waals surface area contributed by atoms with E-state index in [4.69, 9.17) is 5.73 Å². The van der Waals surface area contributed by atoms with E-state index in [1.165, 1.54) is 0 Å². The topological polar surface area (TPSA) is 94.0 Å². The molecule has 1 aliphatic carbocycles. The molecule has 0 spiro atoms. The van der Waals surface area contributed by atoms with Crippen LogP contribution in [-0.4, -0.2) is 22.3 Å². The summed E-state index contributed by atoms with van der Waals surface area (Å²) in [6, 6.07) is 0.151. The van der Waals surface area contributed by atoms with E-state index in [0.717, 1.165) is 19.3 Å². The first kappa shape index (κ1) is 9.70. The van der Waals surface area contributed by atoms with Gasteiger partial charge in [-0.25, -0.2) is 4.63 Å². The second-order valence-electron chi connectivity index (χ2n) is 3.45. The van der Waals surface area contributed by atoms with Gasteiger partial charge in [0.15, 0.2) is 0 Å². The number of carbonyl (C=O) groups is 1. The number of amides is 1. The molecule has 0 fully saturated rings. The zero-order valence-corrected chi connectivity index (χ0v) is 8.14. The van der Waals surface area contributed by atoms with Gasteiger partial charge < -0.3 is 11.1 Å². The van der Waals surface area contributed by atoms with Crippen molar-refractivity contribution in [2.24, 2.45) is 0 Å². The molecule has 0 aromatic carbocycles. The van der Waals surface area contributed by atoms with Crippen LogP contribution in [0.15, 0.2) is 16.8 Å². The summed E-state index contributed by atoms with van der Waals surface area (Å²) in [5.74, 6) is -0.298. The van der Waals surface area contributed by atoms with Crippen LogP contribution in [-0.2, 0) is 0 Å². The Balaban J connectivity index is 1.98. The number of aromatic nitrogens is 2. The highest BCUT2D eigenvalue weighted by molar-refractivity contribution is 5.96. The lowest BCUT2D eigenvalue weighted by atomic mass is 10.0. The van der Waals surface area contributed by atoms with Crippen molar-refractivity contribution in [3.8, 4) is 0 Å². The number of nitrogen functional groups attached to an aromatic ring is 1. The number of nitrogens with zero attached hydrogens (tertiary/aromatic N) is 2. The Morgan fingerprint density at radius 1 is 1.53 bits per heavy atom. The van der Waals surface area contributed by atoms with Crippen LogP contribution in [0.1, 0.15) is 29.8 Å². The van der Waals surface area contributed by atoms with Crippen LogP contribution in [0.3, 0.4) is 0 Å². The number of carbonyl (C=O) groups excluding carboxylic acids is 1. The molecule has 0 radical (unpaired) electrons. The molecule has 0 bridgehead atoms. The van der Waals surface area contributed by atoms with Crippen LogP contribution in [0.2, 0.25) is 0 Å². The highest BCUT2D eigenvalue weighted by Crippen LogP contribution is 2.12. The van der Waals surface area contributed by atoms with E-state index in [1.54, 1.807) is 0 Å². The van der Waals surface area contributed by atoms with Gasteiger partial charge in [0.05, 0.1) is 0 Å². The Labute approximate surface area is 86.5 Å². The molecule has 1 unspecified atom stereocenters. The summed E-state index contributed by atoms with van der Waals surface area (Å²) in [4.78, 5) is 11.6. The van der Waals surface area contributed by atoms with Crippen LogP contribution in [0.25, 0.3) is 0 Å². The minimum absolute atomic E-state index is 0.0267. The number of rotatable bonds is 2. The fourth-order valence-electron chi connectivity index (χ4n) is 1.53. The Hall–Kier alpha value is -1.85. The van der Waals surface area contributed by atoms with Crippen LogP contribution in [0, 0.1) is 0 Å². The number of hydrogen-bond acceptors (Lipinski definition) is 5. The van der Waals surface area contributed by atoms with E-state index in [1.807, 2.05) is 0 Å². The first-order valence-electron chi connectivity index (χ1n) is 4.81. The molecule has 3 N–H and O–H groups in total. The first-order chi connectivity index (χ1) is 7.27. The molecular formula is C9H12N4O2. The van der Waals surface area contributed by atoms with Gasteiger partial charge in [0.1, 0.15) is 0 Å². The van der Waals surface area contributed by atoms with Crippen molar-refractivity contribution in [2.45, 2.75) is 25.3 Å². The number of allylic oxidation sites excluding steroid dienone is 1. The van der Waals surface area contributed by atoms with Gasteiger partial charge in [-0.3, -0.25) is 4.79 Å². The van der Waals surface area contributed by atoms with Crippen LogP contribution < -0.4 is 11.1 Å². The maximum Gasteiger partial charge on any atom is 0.277 e. The first-order valence-corrected chi connectivity index (χ1v) is 4.81. The average Bonchev–Trinajstić information content (AvgIpc) is 2.66. The van der Waals surface area contributed by atoms with Crippen molar-refractivity contribution < 1.29 is 9.42 Å². The maximum absolute atomic E-state index is 11.6. The SMILES string of the molecule is Nc1nonc1C(=O)NC1CC=CCC1. The molecule has 2 rings (SSSR count). The summed E-state index contributed by atoms with van der Waals surface area (Å²) in [5, 5.41) is 9.62. The predicted molar refractivity (Wildman–Crippen MR) is 53.0 cm³/mol. The summed E-state index contributed by atoms with van der Waals surface area (Å²) in [5.41, 5.74) is 5.46. The minimum Gasteiger partial charge on any atom is -0.379 e. The summed E-state index contributed by atoms with van der Waals surface area (Å²) in [7, 11) is 0. The second-order valence-corrected chi connectivity index (χ2v) is 3.45. The molecule has 6 heteroatoms. The molecule has 1 aromatic rings. The van der Waals surface area contributed by atoms with E-state index >= 15 is 0 Å². The average molecular weight is 208 g/mol. The molecule has 0 saturated carbocycles. The van der Waals surface area contributed by atoms with E-state index in [0.29, 0.717) is 0 Å². The van der Waals surface area contributed by atoms with Crippen molar-refractivity contribution >= 4 is 11.7 Å². The number of nitrogens with two attached hydrogens (primary N) is 1. The van der Waals surface area contributed by atoms with Crippen LogP contribution >= 0.6 is 0 Å². The number of hydrogen-bond donors (Lipinski definition) is 2. The number of anilines is 1. The van der Waals surface area contributed by atoms with E-state index in [2.05, 4.69) is 32.4 Å². The fraction of sp³-hybridized carbons (Fsp3) is 0.444. The van der Waals surface area contributed by atoms with Gasteiger partial charge in [-0.15, -0.1) is 0 Å². The van der Waals surface area contributed by atoms with E-state index in [9.17, 15) is 4.79 Å². The summed E-state index contributed by atoms with van der Waals surface area (Å²) in [6.45, 7) is 0.